The fraction of sp³-hybridized carbons (Fsp3) is 0.424. The molecule has 1 N–H and O–H groups in total. The molecular formula is C33H39FN2O3. The predicted octanol–water partition coefficient (Wildman–Crippen LogP) is 7.11. The van der Waals surface area contributed by atoms with Crippen LogP contribution < -0.4 is 14.8 Å². The number of rotatable bonds is 9. The average molecular weight is 531 g/mol. The van der Waals surface area contributed by atoms with Crippen molar-refractivity contribution in [2.45, 2.75) is 71.8 Å². The van der Waals surface area contributed by atoms with Gasteiger partial charge in [0.2, 0.25) is 12.7 Å². The molecule has 0 aromatic heterocycles. The molecule has 6 heteroatoms. The Kier molecular flexibility index (Phi) is 8.22. The van der Waals surface area contributed by atoms with Gasteiger partial charge in [0.15, 0.2) is 11.5 Å². The molecule has 0 aliphatic carbocycles. The molecule has 1 saturated heterocycles. The summed E-state index contributed by atoms with van der Waals surface area (Å²) in [6.07, 6.45) is 4.40. The summed E-state index contributed by atoms with van der Waals surface area (Å²) < 4.78 is 25.5. The van der Waals surface area contributed by atoms with Crippen LogP contribution in [0.2, 0.25) is 0 Å². The standard InChI is InChI=1S/C33H39FN2O3/c1-5-8-22-9-11-25(12-10-22)29-17-26(28-13-14-30-33(21(28)4)39-20-38-30)18-36(29)19-31(37)35-32-23(6-2)15-27(34)16-24(32)7-3/h9-16,26,29H,5-8,17-20H2,1-4H3,(H,35,37)/t26?,29-/m1/s1. The second-order valence-corrected chi connectivity index (χ2v) is 10.7. The molecule has 1 amide bonds. The number of carbonyl (C=O) groups excluding carboxylic acids is 1. The summed E-state index contributed by atoms with van der Waals surface area (Å²) in [7, 11) is 0. The largest absolute Gasteiger partial charge is 0.454 e. The van der Waals surface area contributed by atoms with Gasteiger partial charge in [-0.1, -0.05) is 57.5 Å². The molecule has 0 spiro atoms. The molecule has 0 saturated carbocycles. The van der Waals surface area contributed by atoms with E-state index in [0.29, 0.717) is 12.8 Å². The molecule has 3 aromatic rings. The Bertz CT molecular complexity index is 1310. The lowest BCUT2D eigenvalue weighted by molar-refractivity contribution is -0.117. The normalized spacial score (nSPS) is 18.5. The minimum absolute atomic E-state index is 0.0679. The molecule has 0 bridgehead atoms. The summed E-state index contributed by atoms with van der Waals surface area (Å²) >= 11 is 0. The van der Waals surface area contributed by atoms with E-state index in [9.17, 15) is 9.18 Å². The molecule has 206 valence electrons. The van der Waals surface area contributed by atoms with Crippen LogP contribution in [-0.4, -0.2) is 30.7 Å². The SMILES string of the molecule is CCCc1ccc([C@H]2CC(c3ccc4c(c3C)OCO4)CN2CC(=O)Nc2c(CC)cc(F)cc2CC)cc1. The second-order valence-electron chi connectivity index (χ2n) is 10.7. The maximum absolute atomic E-state index is 14.1. The summed E-state index contributed by atoms with van der Waals surface area (Å²) in [5.74, 6) is 1.57. The van der Waals surface area contributed by atoms with Gasteiger partial charge in [0.25, 0.3) is 0 Å². The van der Waals surface area contributed by atoms with Crippen LogP contribution in [0.4, 0.5) is 10.1 Å². The minimum atomic E-state index is -0.255. The molecule has 5 rings (SSSR count). The first kappa shape index (κ1) is 27.2. The van der Waals surface area contributed by atoms with E-state index in [0.717, 1.165) is 59.7 Å². The summed E-state index contributed by atoms with van der Waals surface area (Å²) in [6, 6.07) is 16.2. The van der Waals surface area contributed by atoms with Crippen LogP contribution in [0.3, 0.4) is 0 Å². The molecule has 0 radical (unpaired) electrons. The van der Waals surface area contributed by atoms with Crippen LogP contribution in [0, 0.1) is 12.7 Å². The molecule has 2 heterocycles. The zero-order valence-electron chi connectivity index (χ0n) is 23.5. The van der Waals surface area contributed by atoms with Crippen molar-refractivity contribution in [1.82, 2.24) is 4.90 Å². The fourth-order valence-electron chi connectivity index (χ4n) is 6.22. The predicted molar refractivity (Wildman–Crippen MR) is 153 cm³/mol. The van der Waals surface area contributed by atoms with Crippen LogP contribution in [0.1, 0.15) is 79.0 Å². The van der Waals surface area contributed by atoms with Gasteiger partial charge in [0.05, 0.1) is 6.54 Å². The van der Waals surface area contributed by atoms with Crippen LogP contribution in [0.5, 0.6) is 11.5 Å². The van der Waals surface area contributed by atoms with E-state index in [4.69, 9.17) is 9.47 Å². The van der Waals surface area contributed by atoms with Gasteiger partial charge in [-0.3, -0.25) is 9.69 Å². The Hall–Kier alpha value is -3.38. The fourth-order valence-corrected chi connectivity index (χ4v) is 6.22. The summed E-state index contributed by atoms with van der Waals surface area (Å²) in [4.78, 5) is 15.8. The van der Waals surface area contributed by atoms with Gasteiger partial charge < -0.3 is 14.8 Å². The van der Waals surface area contributed by atoms with Crippen molar-refractivity contribution in [2.24, 2.45) is 0 Å². The number of likely N-dealkylation sites (tertiary alicyclic amines) is 1. The molecule has 1 unspecified atom stereocenters. The number of amides is 1. The molecule has 2 atom stereocenters. The smallest absolute Gasteiger partial charge is 0.238 e. The van der Waals surface area contributed by atoms with Crippen LogP contribution in [-0.2, 0) is 24.1 Å². The molecular weight excluding hydrogens is 491 g/mol. The van der Waals surface area contributed by atoms with E-state index >= 15 is 0 Å². The van der Waals surface area contributed by atoms with Crippen molar-refractivity contribution < 1.29 is 18.7 Å². The molecule has 5 nitrogen and oxygen atoms in total. The van der Waals surface area contributed by atoms with Crippen molar-refractivity contribution in [1.29, 1.82) is 0 Å². The third-order valence-electron chi connectivity index (χ3n) is 8.22. The maximum Gasteiger partial charge on any atom is 0.238 e. The van der Waals surface area contributed by atoms with Crippen LogP contribution >= 0.6 is 0 Å². The van der Waals surface area contributed by atoms with Gasteiger partial charge in [0, 0.05) is 18.3 Å². The number of fused-ring (bicyclic) bond motifs is 1. The highest BCUT2D eigenvalue weighted by atomic mass is 19.1. The Labute approximate surface area is 231 Å². The van der Waals surface area contributed by atoms with Crippen molar-refractivity contribution in [2.75, 3.05) is 25.2 Å². The highest BCUT2D eigenvalue weighted by molar-refractivity contribution is 5.94. The second kappa shape index (κ2) is 11.8. The summed E-state index contributed by atoms with van der Waals surface area (Å²) in [6.45, 7) is 9.55. The van der Waals surface area contributed by atoms with E-state index in [1.807, 2.05) is 19.9 Å². The number of aryl methyl sites for hydroxylation is 3. The number of benzene rings is 3. The number of hydrogen-bond donors (Lipinski definition) is 1. The number of carbonyl (C=O) groups is 1. The Balaban J connectivity index is 1.41. The van der Waals surface area contributed by atoms with Gasteiger partial charge in [-0.2, -0.15) is 0 Å². The highest BCUT2D eigenvalue weighted by Gasteiger charge is 2.36. The first-order valence-corrected chi connectivity index (χ1v) is 14.2. The van der Waals surface area contributed by atoms with E-state index in [2.05, 4.69) is 54.4 Å². The lowest BCUT2D eigenvalue weighted by Gasteiger charge is -2.25. The quantitative estimate of drug-likeness (QED) is 0.320. The average Bonchev–Trinajstić information content (AvgIpc) is 3.58. The van der Waals surface area contributed by atoms with Gasteiger partial charge in [-0.05, 0) is 90.1 Å². The number of ether oxygens (including phenoxy) is 2. The van der Waals surface area contributed by atoms with Crippen molar-refractivity contribution in [3.63, 3.8) is 0 Å². The van der Waals surface area contributed by atoms with Crippen molar-refractivity contribution in [3.8, 4) is 11.5 Å². The number of nitrogens with zero attached hydrogens (tertiary/aromatic N) is 1. The first-order chi connectivity index (χ1) is 18.9. The van der Waals surface area contributed by atoms with Crippen LogP contribution in [0.25, 0.3) is 0 Å². The topological polar surface area (TPSA) is 50.8 Å². The zero-order chi connectivity index (χ0) is 27.5. The number of nitrogens with one attached hydrogen (secondary N) is 1. The molecule has 3 aromatic carbocycles. The maximum atomic E-state index is 14.1. The molecule has 39 heavy (non-hydrogen) atoms. The summed E-state index contributed by atoms with van der Waals surface area (Å²) in [5.41, 5.74) is 7.35. The minimum Gasteiger partial charge on any atom is -0.454 e. The summed E-state index contributed by atoms with van der Waals surface area (Å²) in [5, 5.41) is 3.15. The highest BCUT2D eigenvalue weighted by Crippen LogP contribution is 2.45. The third kappa shape index (κ3) is 5.67. The van der Waals surface area contributed by atoms with Crippen molar-refractivity contribution >= 4 is 11.6 Å². The molecule has 2 aliphatic heterocycles. The van der Waals surface area contributed by atoms with Gasteiger partial charge in [0.1, 0.15) is 5.82 Å². The molecule has 1 fully saturated rings. The number of halogens is 1. The van der Waals surface area contributed by atoms with E-state index in [1.165, 1.54) is 28.8 Å². The third-order valence-corrected chi connectivity index (χ3v) is 8.22. The Morgan fingerprint density at radius 3 is 2.41 bits per heavy atom. The van der Waals surface area contributed by atoms with E-state index < -0.39 is 0 Å². The van der Waals surface area contributed by atoms with Gasteiger partial charge in [-0.15, -0.1) is 0 Å². The first-order valence-electron chi connectivity index (χ1n) is 14.2. The van der Waals surface area contributed by atoms with E-state index in [-0.39, 0.29) is 37.0 Å². The number of anilines is 1. The number of hydrogen-bond acceptors (Lipinski definition) is 4. The van der Waals surface area contributed by atoms with Crippen molar-refractivity contribution in [3.05, 3.63) is 87.7 Å². The lowest BCUT2D eigenvalue weighted by Crippen LogP contribution is -2.33. The van der Waals surface area contributed by atoms with E-state index in [1.54, 1.807) is 0 Å². The van der Waals surface area contributed by atoms with Gasteiger partial charge >= 0.3 is 0 Å². The monoisotopic (exact) mass is 530 g/mol. The molecule has 2 aliphatic rings. The lowest BCUT2D eigenvalue weighted by atomic mass is 9.90. The zero-order valence-corrected chi connectivity index (χ0v) is 23.5. The Morgan fingerprint density at radius 1 is 1.03 bits per heavy atom. The van der Waals surface area contributed by atoms with Gasteiger partial charge in [-0.25, -0.2) is 4.39 Å². The Morgan fingerprint density at radius 2 is 1.74 bits per heavy atom. The van der Waals surface area contributed by atoms with Crippen LogP contribution in [0.15, 0.2) is 48.5 Å².